The minimum atomic E-state index is -0.0448. The number of hydrogen-bond donors (Lipinski definition) is 1. The summed E-state index contributed by atoms with van der Waals surface area (Å²) in [5.41, 5.74) is 6.88. The maximum absolute atomic E-state index is 13.0. The summed E-state index contributed by atoms with van der Waals surface area (Å²) in [4.78, 5) is 16.9. The van der Waals surface area contributed by atoms with Crippen molar-refractivity contribution in [3.05, 3.63) is 83.9 Å². The first-order chi connectivity index (χ1) is 13.2. The average Bonchev–Trinajstić information content (AvgIpc) is 2.69. The highest BCUT2D eigenvalue weighted by molar-refractivity contribution is 7.99. The number of rotatable bonds is 4. The summed E-state index contributed by atoms with van der Waals surface area (Å²) in [5, 5.41) is 4.20. The quantitative estimate of drug-likeness (QED) is 0.530. The fraction of sp³-hybridized carbons (Fsp3) is 0.0909. The van der Waals surface area contributed by atoms with E-state index in [1.165, 1.54) is 5.56 Å². The molecular formula is C22H19N3OS. The monoisotopic (exact) mass is 373 g/mol. The molecule has 4 nitrogen and oxygen atoms in total. The Balaban J connectivity index is 1.52. The number of aryl methyl sites for hydroxylation is 1. The molecule has 0 unspecified atom stereocenters. The first kappa shape index (κ1) is 17.4. The highest BCUT2D eigenvalue weighted by atomic mass is 32.2. The number of hydrogen-bond acceptors (Lipinski definition) is 4. The van der Waals surface area contributed by atoms with Gasteiger partial charge in [-0.2, -0.15) is 5.10 Å². The van der Waals surface area contributed by atoms with Crippen molar-refractivity contribution in [1.29, 1.82) is 0 Å². The predicted molar refractivity (Wildman–Crippen MR) is 111 cm³/mol. The topological polar surface area (TPSA) is 44.7 Å². The second-order valence-electron chi connectivity index (χ2n) is 6.27. The smallest absolute Gasteiger partial charge is 0.252 e. The minimum Gasteiger partial charge on any atom is -0.301 e. The Labute approximate surface area is 162 Å². The second kappa shape index (κ2) is 7.68. The Bertz CT molecular complexity index is 970. The molecule has 1 aliphatic rings. The zero-order valence-corrected chi connectivity index (χ0v) is 15.7. The van der Waals surface area contributed by atoms with Crippen LogP contribution in [0.25, 0.3) is 0 Å². The van der Waals surface area contributed by atoms with Gasteiger partial charge in [0, 0.05) is 9.79 Å². The van der Waals surface area contributed by atoms with Gasteiger partial charge < -0.3 is 5.43 Å². The lowest BCUT2D eigenvalue weighted by atomic mass is 10.2. The number of nitrogens with zero attached hydrogens (tertiary/aromatic N) is 2. The highest BCUT2D eigenvalue weighted by Gasteiger charge is 2.27. The molecule has 0 aliphatic carbocycles. The molecule has 0 fully saturated rings. The maximum atomic E-state index is 13.0. The predicted octanol–water partition coefficient (Wildman–Crippen LogP) is 4.75. The molecule has 3 aromatic rings. The molecule has 0 radical (unpaired) electrons. The lowest BCUT2D eigenvalue weighted by molar-refractivity contribution is -0.117. The summed E-state index contributed by atoms with van der Waals surface area (Å²) >= 11 is 1.69. The largest absolute Gasteiger partial charge is 0.301 e. The molecule has 0 atom stereocenters. The van der Waals surface area contributed by atoms with E-state index in [4.69, 9.17) is 0 Å². The van der Waals surface area contributed by atoms with Crippen molar-refractivity contribution in [3.8, 4) is 0 Å². The van der Waals surface area contributed by atoms with E-state index in [1.807, 2.05) is 79.7 Å². The van der Waals surface area contributed by atoms with Gasteiger partial charge in [0.1, 0.15) is 6.54 Å². The average molecular weight is 373 g/mol. The molecule has 1 heterocycles. The molecule has 0 spiro atoms. The summed E-state index contributed by atoms with van der Waals surface area (Å²) in [5.74, 6) is -0.0448. The number of anilines is 2. The van der Waals surface area contributed by atoms with Gasteiger partial charge >= 0.3 is 0 Å². The van der Waals surface area contributed by atoms with E-state index < -0.39 is 0 Å². The molecule has 134 valence electrons. The molecule has 0 bridgehead atoms. The third kappa shape index (κ3) is 3.73. The molecule has 0 saturated heterocycles. The van der Waals surface area contributed by atoms with Crippen molar-refractivity contribution < 1.29 is 4.79 Å². The van der Waals surface area contributed by atoms with Gasteiger partial charge in [0.05, 0.1) is 17.6 Å². The van der Waals surface area contributed by atoms with Crippen LogP contribution in [-0.2, 0) is 4.79 Å². The van der Waals surface area contributed by atoms with Gasteiger partial charge in [-0.15, -0.1) is 0 Å². The Morgan fingerprint density at radius 3 is 2.33 bits per heavy atom. The van der Waals surface area contributed by atoms with Crippen molar-refractivity contribution in [3.63, 3.8) is 0 Å². The Hall–Kier alpha value is -3.05. The number of hydrazone groups is 1. The number of para-hydroxylation sites is 2. The van der Waals surface area contributed by atoms with Gasteiger partial charge in [-0.1, -0.05) is 65.9 Å². The molecule has 0 aromatic heterocycles. The molecule has 0 saturated carbocycles. The lowest BCUT2D eigenvalue weighted by Gasteiger charge is -2.30. The van der Waals surface area contributed by atoms with Crippen molar-refractivity contribution in [2.45, 2.75) is 16.7 Å². The molecule has 1 aliphatic heterocycles. The van der Waals surface area contributed by atoms with Gasteiger partial charge in [0.15, 0.2) is 0 Å². The van der Waals surface area contributed by atoms with E-state index in [0.717, 1.165) is 26.7 Å². The number of fused-ring (bicyclic) bond motifs is 2. The first-order valence-electron chi connectivity index (χ1n) is 8.74. The second-order valence-corrected chi connectivity index (χ2v) is 7.36. The van der Waals surface area contributed by atoms with Gasteiger partial charge in [-0.3, -0.25) is 9.69 Å². The van der Waals surface area contributed by atoms with E-state index in [2.05, 4.69) is 10.5 Å². The number of amides is 1. The van der Waals surface area contributed by atoms with E-state index in [0.29, 0.717) is 0 Å². The molecular weight excluding hydrogens is 354 g/mol. The fourth-order valence-corrected chi connectivity index (χ4v) is 4.09. The normalized spacial score (nSPS) is 12.6. The SMILES string of the molecule is Cc1cccc(/C=N/NCC(=O)N2c3ccccc3Sc3ccccc32)c1. The number of carbonyl (C=O) groups is 1. The Kier molecular flexibility index (Phi) is 4.94. The third-order valence-electron chi connectivity index (χ3n) is 4.26. The maximum Gasteiger partial charge on any atom is 0.252 e. The van der Waals surface area contributed by atoms with Gasteiger partial charge in [0.25, 0.3) is 5.91 Å². The Morgan fingerprint density at radius 1 is 1.00 bits per heavy atom. The molecule has 27 heavy (non-hydrogen) atoms. The van der Waals surface area contributed by atoms with Crippen LogP contribution in [0, 0.1) is 6.92 Å². The van der Waals surface area contributed by atoms with E-state index in [1.54, 1.807) is 22.9 Å². The number of carbonyl (C=O) groups excluding carboxylic acids is 1. The van der Waals surface area contributed by atoms with Crippen LogP contribution in [0.1, 0.15) is 11.1 Å². The van der Waals surface area contributed by atoms with Gasteiger partial charge in [-0.25, -0.2) is 0 Å². The standard InChI is InChI=1S/C22H19N3OS/c1-16-7-6-8-17(13-16)14-23-24-15-22(26)25-18-9-2-4-11-20(18)27-21-12-5-3-10-19(21)25/h2-14,24H,15H2,1H3/b23-14+. The molecule has 5 heteroatoms. The molecule has 3 aromatic carbocycles. The van der Waals surface area contributed by atoms with Gasteiger partial charge in [-0.05, 0) is 36.8 Å². The van der Waals surface area contributed by atoms with Crippen LogP contribution in [0.3, 0.4) is 0 Å². The fourth-order valence-electron chi connectivity index (χ4n) is 3.04. The third-order valence-corrected chi connectivity index (χ3v) is 5.39. The summed E-state index contributed by atoms with van der Waals surface area (Å²) in [6, 6.07) is 24.0. The zero-order chi connectivity index (χ0) is 18.6. The number of nitrogens with one attached hydrogen (secondary N) is 1. The summed E-state index contributed by atoms with van der Waals surface area (Å²) < 4.78 is 0. The summed E-state index contributed by atoms with van der Waals surface area (Å²) in [6.45, 7) is 2.16. The van der Waals surface area contributed by atoms with Crippen LogP contribution in [0.15, 0.2) is 87.7 Å². The molecule has 1 amide bonds. The number of benzene rings is 3. The van der Waals surface area contributed by atoms with E-state index in [-0.39, 0.29) is 12.5 Å². The first-order valence-corrected chi connectivity index (χ1v) is 9.55. The van der Waals surface area contributed by atoms with Crippen molar-refractivity contribution in [2.24, 2.45) is 5.10 Å². The summed E-state index contributed by atoms with van der Waals surface area (Å²) in [6.07, 6.45) is 1.73. The molecule has 1 N–H and O–H groups in total. The zero-order valence-electron chi connectivity index (χ0n) is 14.9. The van der Waals surface area contributed by atoms with Crippen LogP contribution in [0.4, 0.5) is 11.4 Å². The Morgan fingerprint density at radius 2 is 1.67 bits per heavy atom. The van der Waals surface area contributed by atoms with Crippen LogP contribution in [0.5, 0.6) is 0 Å². The lowest BCUT2D eigenvalue weighted by Crippen LogP contribution is -2.35. The summed E-state index contributed by atoms with van der Waals surface area (Å²) in [7, 11) is 0. The van der Waals surface area contributed by atoms with E-state index >= 15 is 0 Å². The van der Waals surface area contributed by atoms with Crippen LogP contribution < -0.4 is 10.3 Å². The van der Waals surface area contributed by atoms with Crippen LogP contribution in [0.2, 0.25) is 0 Å². The van der Waals surface area contributed by atoms with Crippen molar-refractivity contribution in [1.82, 2.24) is 5.43 Å². The van der Waals surface area contributed by atoms with Crippen molar-refractivity contribution >= 4 is 35.3 Å². The van der Waals surface area contributed by atoms with Gasteiger partial charge in [0.2, 0.25) is 0 Å². The minimum absolute atomic E-state index is 0.0448. The molecule has 4 rings (SSSR count). The van der Waals surface area contributed by atoms with Crippen LogP contribution >= 0.6 is 11.8 Å². The van der Waals surface area contributed by atoms with E-state index in [9.17, 15) is 4.79 Å². The van der Waals surface area contributed by atoms with Crippen molar-refractivity contribution in [2.75, 3.05) is 11.4 Å². The van der Waals surface area contributed by atoms with Crippen LogP contribution in [-0.4, -0.2) is 18.7 Å². The highest BCUT2D eigenvalue weighted by Crippen LogP contribution is 2.47.